The number of piperidine rings is 1. The lowest BCUT2D eigenvalue weighted by Crippen LogP contribution is -2.35. The van der Waals surface area contributed by atoms with Crippen molar-refractivity contribution in [2.24, 2.45) is 0 Å². The van der Waals surface area contributed by atoms with Crippen LogP contribution in [-0.4, -0.2) is 43.7 Å². The molecule has 1 heterocycles. The Morgan fingerprint density at radius 2 is 1.57 bits per heavy atom. The first kappa shape index (κ1) is 20.6. The van der Waals surface area contributed by atoms with Gasteiger partial charge in [-0.25, -0.2) is 8.42 Å². The molecule has 28 heavy (non-hydrogen) atoms. The normalized spacial score (nSPS) is 15.3. The molecular weight excluding hydrogens is 372 g/mol. The fraction of sp³-hybridized carbons (Fsp3) is 0.409. The van der Waals surface area contributed by atoms with Crippen molar-refractivity contribution in [3.63, 3.8) is 0 Å². The Bertz CT molecular complexity index is 874. The molecular formula is C22H28N2O3S. The number of rotatable bonds is 7. The monoisotopic (exact) mass is 400 g/mol. The van der Waals surface area contributed by atoms with Gasteiger partial charge < -0.3 is 4.90 Å². The van der Waals surface area contributed by atoms with Gasteiger partial charge in [-0.05, 0) is 42.5 Å². The van der Waals surface area contributed by atoms with E-state index in [1.165, 1.54) is 0 Å². The first-order valence-corrected chi connectivity index (χ1v) is 11.3. The van der Waals surface area contributed by atoms with Crippen molar-refractivity contribution < 1.29 is 13.2 Å². The van der Waals surface area contributed by atoms with E-state index in [0.717, 1.165) is 30.4 Å². The quantitative estimate of drug-likeness (QED) is 0.715. The number of sulfonamides is 1. The van der Waals surface area contributed by atoms with Gasteiger partial charge in [0, 0.05) is 33.1 Å². The van der Waals surface area contributed by atoms with Crippen molar-refractivity contribution in [3.8, 4) is 0 Å². The van der Waals surface area contributed by atoms with Crippen LogP contribution in [0.15, 0.2) is 59.5 Å². The maximum atomic E-state index is 12.7. The van der Waals surface area contributed by atoms with Gasteiger partial charge in [0.2, 0.25) is 15.9 Å². The van der Waals surface area contributed by atoms with Gasteiger partial charge in [-0.15, -0.1) is 0 Å². The van der Waals surface area contributed by atoms with Crippen LogP contribution >= 0.6 is 0 Å². The lowest BCUT2D eigenvalue weighted by Gasteiger charge is -2.25. The first-order chi connectivity index (χ1) is 13.5. The minimum absolute atomic E-state index is 0.0777. The van der Waals surface area contributed by atoms with E-state index < -0.39 is 10.0 Å². The molecule has 0 radical (unpaired) electrons. The van der Waals surface area contributed by atoms with Crippen LogP contribution in [0.3, 0.4) is 0 Å². The Kier molecular flexibility index (Phi) is 6.86. The number of carbonyl (C=O) groups is 1. The average Bonchev–Trinajstić information content (AvgIpc) is 2.73. The zero-order chi connectivity index (χ0) is 20.0. The van der Waals surface area contributed by atoms with Gasteiger partial charge >= 0.3 is 0 Å². The van der Waals surface area contributed by atoms with Crippen molar-refractivity contribution in [3.05, 3.63) is 65.7 Å². The van der Waals surface area contributed by atoms with Crippen LogP contribution in [0, 0.1) is 0 Å². The van der Waals surface area contributed by atoms with Gasteiger partial charge in [0.25, 0.3) is 0 Å². The third-order valence-corrected chi connectivity index (χ3v) is 7.10. The SMILES string of the molecule is CN(Cc1ccccc1)C(=O)CCc1ccc(S(=O)(=O)N2CCCCC2)cc1. The highest BCUT2D eigenvalue weighted by molar-refractivity contribution is 7.89. The van der Waals surface area contributed by atoms with E-state index in [2.05, 4.69) is 0 Å². The number of amides is 1. The molecule has 1 aliphatic rings. The number of aryl methyl sites for hydroxylation is 1. The maximum Gasteiger partial charge on any atom is 0.243 e. The second-order valence-electron chi connectivity index (χ2n) is 7.34. The zero-order valence-electron chi connectivity index (χ0n) is 16.4. The lowest BCUT2D eigenvalue weighted by molar-refractivity contribution is -0.130. The molecule has 1 amide bonds. The van der Waals surface area contributed by atoms with E-state index in [4.69, 9.17) is 0 Å². The van der Waals surface area contributed by atoms with E-state index in [1.54, 1.807) is 21.3 Å². The molecule has 0 spiro atoms. The topological polar surface area (TPSA) is 57.7 Å². The van der Waals surface area contributed by atoms with Gasteiger partial charge in [-0.3, -0.25) is 4.79 Å². The smallest absolute Gasteiger partial charge is 0.243 e. The molecule has 2 aromatic rings. The summed E-state index contributed by atoms with van der Waals surface area (Å²) < 4.78 is 27.0. The molecule has 2 aromatic carbocycles. The summed E-state index contributed by atoms with van der Waals surface area (Å²) in [6.07, 6.45) is 3.95. The molecule has 1 fully saturated rings. The van der Waals surface area contributed by atoms with E-state index in [0.29, 0.717) is 37.4 Å². The summed E-state index contributed by atoms with van der Waals surface area (Å²) in [6, 6.07) is 16.9. The zero-order valence-corrected chi connectivity index (χ0v) is 17.2. The van der Waals surface area contributed by atoms with Gasteiger partial charge in [0.1, 0.15) is 0 Å². The largest absolute Gasteiger partial charge is 0.341 e. The van der Waals surface area contributed by atoms with E-state index in [9.17, 15) is 13.2 Å². The van der Waals surface area contributed by atoms with Crippen molar-refractivity contribution in [1.29, 1.82) is 0 Å². The van der Waals surface area contributed by atoms with Crippen LogP contribution < -0.4 is 0 Å². The molecule has 150 valence electrons. The molecule has 0 atom stereocenters. The second kappa shape index (κ2) is 9.34. The van der Waals surface area contributed by atoms with Gasteiger partial charge in [-0.1, -0.05) is 48.9 Å². The third kappa shape index (κ3) is 5.20. The predicted molar refractivity (Wildman–Crippen MR) is 110 cm³/mol. The van der Waals surface area contributed by atoms with Gasteiger partial charge in [-0.2, -0.15) is 4.31 Å². The summed E-state index contributed by atoms with van der Waals surface area (Å²) >= 11 is 0. The fourth-order valence-corrected chi connectivity index (χ4v) is 4.99. The minimum atomic E-state index is -3.40. The summed E-state index contributed by atoms with van der Waals surface area (Å²) in [4.78, 5) is 14.4. The standard InChI is InChI=1S/C22H28N2O3S/c1-23(18-20-8-4-2-5-9-20)22(25)15-12-19-10-13-21(14-11-19)28(26,27)24-16-6-3-7-17-24/h2,4-5,8-11,13-14H,3,6-7,12,15-18H2,1H3. The van der Waals surface area contributed by atoms with Crippen LogP contribution in [0.5, 0.6) is 0 Å². The highest BCUT2D eigenvalue weighted by atomic mass is 32.2. The summed E-state index contributed by atoms with van der Waals surface area (Å²) in [5.74, 6) is 0.0777. The van der Waals surface area contributed by atoms with Crippen LogP contribution in [0.1, 0.15) is 36.8 Å². The summed E-state index contributed by atoms with van der Waals surface area (Å²) in [7, 11) is -1.59. The Hall–Kier alpha value is -2.18. The predicted octanol–water partition coefficient (Wildman–Crippen LogP) is 3.45. The lowest BCUT2D eigenvalue weighted by atomic mass is 10.1. The Labute approximate surface area is 168 Å². The second-order valence-corrected chi connectivity index (χ2v) is 9.28. The van der Waals surface area contributed by atoms with Crippen LogP contribution in [-0.2, 0) is 27.8 Å². The number of benzene rings is 2. The Balaban J connectivity index is 1.54. The summed E-state index contributed by atoms with van der Waals surface area (Å²) in [5.41, 5.74) is 2.07. The maximum absolute atomic E-state index is 12.7. The number of nitrogens with zero attached hydrogens (tertiary/aromatic N) is 2. The molecule has 0 aliphatic carbocycles. The van der Waals surface area contributed by atoms with Crippen molar-refractivity contribution in [2.75, 3.05) is 20.1 Å². The number of hydrogen-bond donors (Lipinski definition) is 0. The molecule has 1 saturated heterocycles. The van der Waals surface area contributed by atoms with Crippen molar-refractivity contribution in [2.45, 2.75) is 43.5 Å². The molecule has 5 nitrogen and oxygen atoms in total. The molecule has 1 aliphatic heterocycles. The highest BCUT2D eigenvalue weighted by Crippen LogP contribution is 2.21. The van der Waals surface area contributed by atoms with E-state index >= 15 is 0 Å². The van der Waals surface area contributed by atoms with Crippen molar-refractivity contribution >= 4 is 15.9 Å². The van der Waals surface area contributed by atoms with E-state index in [1.807, 2.05) is 49.5 Å². The number of carbonyl (C=O) groups excluding carboxylic acids is 1. The molecule has 0 N–H and O–H groups in total. The third-order valence-electron chi connectivity index (χ3n) is 5.19. The Morgan fingerprint density at radius 3 is 2.21 bits per heavy atom. The molecule has 3 rings (SSSR count). The fourth-order valence-electron chi connectivity index (χ4n) is 3.47. The van der Waals surface area contributed by atoms with Crippen LogP contribution in [0.4, 0.5) is 0 Å². The number of hydrogen-bond acceptors (Lipinski definition) is 3. The molecule has 6 heteroatoms. The highest BCUT2D eigenvalue weighted by Gasteiger charge is 2.25. The van der Waals surface area contributed by atoms with Crippen LogP contribution in [0.25, 0.3) is 0 Å². The summed E-state index contributed by atoms with van der Waals surface area (Å²) in [5, 5.41) is 0. The molecule has 0 aromatic heterocycles. The average molecular weight is 401 g/mol. The molecule has 0 saturated carbocycles. The van der Waals surface area contributed by atoms with E-state index in [-0.39, 0.29) is 5.91 Å². The minimum Gasteiger partial charge on any atom is -0.341 e. The van der Waals surface area contributed by atoms with Crippen molar-refractivity contribution in [1.82, 2.24) is 9.21 Å². The van der Waals surface area contributed by atoms with Gasteiger partial charge in [0.15, 0.2) is 0 Å². The van der Waals surface area contributed by atoms with Crippen LogP contribution in [0.2, 0.25) is 0 Å². The first-order valence-electron chi connectivity index (χ1n) is 9.84. The molecule has 0 unspecified atom stereocenters. The summed E-state index contributed by atoms with van der Waals surface area (Å²) in [6.45, 7) is 1.80. The molecule has 0 bridgehead atoms. The Morgan fingerprint density at radius 1 is 0.929 bits per heavy atom. The van der Waals surface area contributed by atoms with Gasteiger partial charge in [0.05, 0.1) is 4.90 Å².